The molecule has 3 nitrogen and oxygen atoms in total. The molecule has 21 heavy (non-hydrogen) atoms. The predicted molar refractivity (Wildman–Crippen MR) is 89.3 cm³/mol. The van der Waals surface area contributed by atoms with Crippen LogP contribution < -0.4 is 11.3 Å². The summed E-state index contributed by atoms with van der Waals surface area (Å²) >= 11 is 1.81. The number of hydrazine groups is 1. The summed E-state index contributed by atoms with van der Waals surface area (Å²) in [5.41, 5.74) is 4.44. The Bertz CT molecular complexity index is 612. The lowest BCUT2D eigenvalue weighted by molar-refractivity contribution is 0.0476. The zero-order valence-corrected chi connectivity index (χ0v) is 13.7. The van der Waals surface area contributed by atoms with Gasteiger partial charge in [0.25, 0.3) is 0 Å². The number of rotatable bonds is 4. The third-order valence-corrected chi connectivity index (χ3v) is 6.01. The highest BCUT2D eigenvalue weighted by atomic mass is 32.1. The Morgan fingerprint density at radius 3 is 2.67 bits per heavy atom. The first-order valence-electron chi connectivity index (χ1n) is 7.68. The zero-order chi connectivity index (χ0) is 15.0. The molecule has 0 spiro atoms. The minimum atomic E-state index is 0.248. The smallest absolute Gasteiger partial charge is 0.0597 e. The number of nitrogens with one attached hydrogen (secondary N) is 1. The molecule has 1 saturated heterocycles. The Morgan fingerprint density at radius 1 is 1.24 bits per heavy atom. The summed E-state index contributed by atoms with van der Waals surface area (Å²) in [5.74, 6) is 6.85. The molecule has 3 rings (SSSR count). The average molecular weight is 304 g/mol. The van der Waals surface area contributed by atoms with E-state index >= 15 is 0 Å². The number of ether oxygens (including phenoxy) is 1. The monoisotopic (exact) mass is 304 g/mol. The fraction of sp³-hybridized carbons (Fsp3) is 0.529. The minimum absolute atomic E-state index is 0.248. The average Bonchev–Trinajstić information content (AvgIpc) is 2.99. The quantitative estimate of drug-likeness (QED) is 0.673. The topological polar surface area (TPSA) is 47.3 Å². The molecule has 1 aliphatic rings. The molecular weight excluding hydrogens is 280 g/mol. The van der Waals surface area contributed by atoms with Crippen molar-refractivity contribution in [2.24, 2.45) is 17.7 Å². The number of thiophene rings is 1. The van der Waals surface area contributed by atoms with Gasteiger partial charge in [-0.2, -0.15) is 0 Å². The number of hydrogen-bond donors (Lipinski definition) is 2. The molecule has 4 heteroatoms. The van der Waals surface area contributed by atoms with Gasteiger partial charge in [-0.1, -0.05) is 25.1 Å². The van der Waals surface area contributed by atoms with Gasteiger partial charge in [0, 0.05) is 16.7 Å². The van der Waals surface area contributed by atoms with E-state index in [-0.39, 0.29) is 12.1 Å². The Balaban J connectivity index is 1.84. The van der Waals surface area contributed by atoms with Crippen LogP contribution in [0.3, 0.4) is 0 Å². The van der Waals surface area contributed by atoms with Crippen LogP contribution in [0, 0.1) is 11.8 Å². The summed E-state index contributed by atoms with van der Waals surface area (Å²) < 4.78 is 7.33. The van der Waals surface area contributed by atoms with E-state index in [0.717, 1.165) is 6.42 Å². The molecule has 1 aliphatic heterocycles. The molecular formula is C17H24N2OS. The van der Waals surface area contributed by atoms with Crippen LogP contribution in [-0.4, -0.2) is 18.2 Å². The Morgan fingerprint density at radius 2 is 2.00 bits per heavy atom. The van der Waals surface area contributed by atoms with Crippen LogP contribution in [0.4, 0.5) is 0 Å². The van der Waals surface area contributed by atoms with E-state index in [1.54, 1.807) is 0 Å². The summed E-state index contributed by atoms with van der Waals surface area (Å²) in [6.07, 6.45) is 1.51. The Hall–Kier alpha value is -0.940. The van der Waals surface area contributed by atoms with Crippen molar-refractivity contribution >= 4 is 21.4 Å². The normalized spacial score (nSPS) is 30.9. The zero-order valence-electron chi connectivity index (χ0n) is 12.9. The van der Waals surface area contributed by atoms with Crippen LogP contribution in [0.5, 0.6) is 0 Å². The highest BCUT2D eigenvalue weighted by molar-refractivity contribution is 7.17. The molecule has 0 aliphatic carbocycles. The molecule has 5 atom stereocenters. The van der Waals surface area contributed by atoms with Crippen LogP contribution in [0.15, 0.2) is 29.6 Å². The van der Waals surface area contributed by atoms with Crippen molar-refractivity contribution in [2.45, 2.75) is 45.4 Å². The van der Waals surface area contributed by atoms with Gasteiger partial charge in [-0.15, -0.1) is 11.3 Å². The summed E-state index contributed by atoms with van der Waals surface area (Å²) in [5, 5.41) is 3.62. The van der Waals surface area contributed by atoms with Crippen molar-refractivity contribution in [1.82, 2.24) is 5.43 Å². The second-order valence-electron chi connectivity index (χ2n) is 6.22. The van der Waals surface area contributed by atoms with Gasteiger partial charge >= 0.3 is 0 Å². The molecule has 114 valence electrons. The largest absolute Gasteiger partial charge is 0.375 e. The number of fused-ring (bicyclic) bond motifs is 1. The van der Waals surface area contributed by atoms with Gasteiger partial charge in [-0.05, 0) is 48.6 Å². The highest BCUT2D eigenvalue weighted by Crippen LogP contribution is 2.36. The summed E-state index contributed by atoms with van der Waals surface area (Å²) in [6, 6.07) is 8.83. The van der Waals surface area contributed by atoms with Crippen LogP contribution >= 0.6 is 11.3 Å². The van der Waals surface area contributed by atoms with Gasteiger partial charge in [-0.3, -0.25) is 11.3 Å². The lowest BCUT2D eigenvalue weighted by Crippen LogP contribution is -2.46. The van der Waals surface area contributed by atoms with E-state index in [2.05, 4.69) is 55.8 Å². The maximum Gasteiger partial charge on any atom is 0.0597 e. The van der Waals surface area contributed by atoms with Crippen LogP contribution in [0.25, 0.3) is 10.1 Å². The van der Waals surface area contributed by atoms with E-state index in [0.29, 0.717) is 17.9 Å². The predicted octanol–water partition coefficient (Wildman–Crippen LogP) is 3.34. The van der Waals surface area contributed by atoms with Gasteiger partial charge in [0.1, 0.15) is 0 Å². The Kier molecular flexibility index (Phi) is 4.31. The van der Waals surface area contributed by atoms with Crippen LogP contribution in [-0.2, 0) is 11.2 Å². The maximum absolute atomic E-state index is 5.98. The molecule has 1 aromatic carbocycles. The molecule has 3 N–H and O–H groups in total. The molecule has 0 saturated carbocycles. The molecule has 0 radical (unpaired) electrons. The first-order valence-corrected chi connectivity index (χ1v) is 8.56. The van der Waals surface area contributed by atoms with Gasteiger partial charge in [0.05, 0.1) is 12.2 Å². The van der Waals surface area contributed by atoms with E-state index in [1.165, 1.54) is 15.6 Å². The fourth-order valence-electron chi connectivity index (χ4n) is 3.72. The molecule has 2 heterocycles. The summed E-state index contributed by atoms with van der Waals surface area (Å²) in [4.78, 5) is 0. The fourth-order valence-corrected chi connectivity index (χ4v) is 4.70. The van der Waals surface area contributed by atoms with Crippen LogP contribution in [0.1, 0.15) is 26.3 Å². The highest BCUT2D eigenvalue weighted by Gasteiger charge is 2.41. The van der Waals surface area contributed by atoms with Gasteiger partial charge < -0.3 is 4.74 Å². The van der Waals surface area contributed by atoms with E-state index in [4.69, 9.17) is 10.6 Å². The van der Waals surface area contributed by atoms with Crippen molar-refractivity contribution < 1.29 is 4.74 Å². The first-order chi connectivity index (χ1) is 10.1. The third kappa shape index (κ3) is 2.73. The van der Waals surface area contributed by atoms with Crippen molar-refractivity contribution in [3.63, 3.8) is 0 Å². The SMILES string of the molecule is CC1OC(C)C(C(Cc2csc3ccccc23)NN)C1C. The second kappa shape index (κ2) is 6.05. The van der Waals surface area contributed by atoms with Gasteiger partial charge in [0.2, 0.25) is 0 Å². The van der Waals surface area contributed by atoms with Gasteiger partial charge in [-0.25, -0.2) is 0 Å². The molecule has 5 unspecified atom stereocenters. The van der Waals surface area contributed by atoms with E-state index in [1.807, 2.05) is 11.3 Å². The molecule has 1 aromatic heterocycles. The molecule has 2 aromatic rings. The maximum atomic E-state index is 5.98. The number of nitrogens with two attached hydrogens (primary N) is 1. The lowest BCUT2D eigenvalue weighted by Gasteiger charge is -2.28. The summed E-state index contributed by atoms with van der Waals surface area (Å²) in [7, 11) is 0. The van der Waals surface area contributed by atoms with Crippen molar-refractivity contribution in [3.05, 3.63) is 35.2 Å². The van der Waals surface area contributed by atoms with Crippen molar-refractivity contribution in [2.75, 3.05) is 0 Å². The Labute approximate surface area is 130 Å². The standard InChI is InChI=1S/C17H24N2OS/c1-10-11(2)20-12(3)17(10)15(19-18)8-13-9-21-16-7-5-4-6-14(13)16/h4-7,9-12,15,17,19H,8,18H2,1-3H3. The molecule has 1 fully saturated rings. The second-order valence-corrected chi connectivity index (χ2v) is 7.13. The van der Waals surface area contributed by atoms with E-state index < -0.39 is 0 Å². The first kappa shape index (κ1) is 15.0. The molecule has 0 bridgehead atoms. The third-order valence-electron chi connectivity index (χ3n) is 5.00. The number of benzene rings is 1. The van der Waals surface area contributed by atoms with E-state index in [9.17, 15) is 0 Å². The molecule has 0 amide bonds. The summed E-state index contributed by atoms with van der Waals surface area (Å²) in [6.45, 7) is 6.60. The van der Waals surface area contributed by atoms with Crippen molar-refractivity contribution in [3.8, 4) is 0 Å². The lowest BCUT2D eigenvalue weighted by atomic mass is 9.81. The minimum Gasteiger partial charge on any atom is -0.375 e. The van der Waals surface area contributed by atoms with Crippen LogP contribution in [0.2, 0.25) is 0 Å². The van der Waals surface area contributed by atoms with Gasteiger partial charge in [0.15, 0.2) is 0 Å². The van der Waals surface area contributed by atoms with Crippen molar-refractivity contribution in [1.29, 1.82) is 0 Å². The number of hydrogen-bond acceptors (Lipinski definition) is 4.